The van der Waals surface area contributed by atoms with Gasteiger partial charge in [-0.25, -0.2) is 13.9 Å². The highest BCUT2D eigenvalue weighted by molar-refractivity contribution is 5.94. The number of amides is 1. The number of hydrogen-bond acceptors (Lipinski definition) is 6. The first kappa shape index (κ1) is 21.2. The van der Waals surface area contributed by atoms with Crippen LogP contribution in [0, 0.1) is 0 Å². The number of anilines is 3. The van der Waals surface area contributed by atoms with Gasteiger partial charge in [0, 0.05) is 37.0 Å². The number of nitrogens with one attached hydrogen (secondary N) is 3. The van der Waals surface area contributed by atoms with E-state index in [0.29, 0.717) is 23.6 Å². The van der Waals surface area contributed by atoms with E-state index in [2.05, 4.69) is 37.6 Å². The number of alkyl halides is 1. The average molecular weight is 433 g/mol. The van der Waals surface area contributed by atoms with E-state index in [0.717, 1.165) is 16.9 Å². The third-order valence-corrected chi connectivity index (χ3v) is 5.02. The Morgan fingerprint density at radius 2 is 2.19 bits per heavy atom. The Kier molecular flexibility index (Phi) is 5.98. The summed E-state index contributed by atoms with van der Waals surface area (Å²) < 4.78 is 14.7. The molecule has 0 bridgehead atoms. The molecule has 0 radical (unpaired) electrons. The number of aliphatic imine (C=N–C) groups is 1. The van der Waals surface area contributed by atoms with Crippen LogP contribution in [0.5, 0.6) is 0 Å². The molecule has 0 aliphatic heterocycles. The Labute approximate surface area is 185 Å². The maximum Gasteiger partial charge on any atom is 0.271 e. The number of rotatable bonds is 8. The molecule has 32 heavy (non-hydrogen) atoms. The zero-order valence-electron chi connectivity index (χ0n) is 17.8. The fraction of sp³-hybridized carbons (Fsp3) is 0.217. The predicted molar refractivity (Wildman–Crippen MR) is 125 cm³/mol. The summed E-state index contributed by atoms with van der Waals surface area (Å²) in [6.07, 6.45) is 5.98. The minimum atomic E-state index is -0.985. The first-order valence-electron chi connectivity index (χ1n) is 10.2. The number of hydrogen-bond donors (Lipinski definition) is 3. The highest BCUT2D eigenvalue weighted by Crippen LogP contribution is 2.27. The van der Waals surface area contributed by atoms with Crippen molar-refractivity contribution >= 4 is 40.7 Å². The molecular formula is C23H24FN7O. The van der Waals surface area contributed by atoms with E-state index in [1.807, 2.05) is 43.3 Å². The van der Waals surface area contributed by atoms with Crippen LogP contribution in [0.25, 0.3) is 11.3 Å². The van der Waals surface area contributed by atoms with E-state index < -0.39 is 18.1 Å². The molecule has 1 aromatic carbocycles. The van der Waals surface area contributed by atoms with Crippen LogP contribution in [-0.4, -0.2) is 46.0 Å². The van der Waals surface area contributed by atoms with Crippen molar-refractivity contribution in [2.75, 3.05) is 17.7 Å². The fourth-order valence-corrected chi connectivity index (χ4v) is 3.28. The molecule has 1 saturated carbocycles. The van der Waals surface area contributed by atoms with E-state index in [1.54, 1.807) is 19.3 Å². The molecule has 0 spiro atoms. The minimum absolute atomic E-state index is 0.239. The van der Waals surface area contributed by atoms with Crippen LogP contribution in [0.15, 0.2) is 60.3 Å². The van der Waals surface area contributed by atoms with Gasteiger partial charge < -0.3 is 16.0 Å². The molecule has 1 aliphatic carbocycles. The zero-order valence-corrected chi connectivity index (χ0v) is 17.8. The third-order valence-electron chi connectivity index (χ3n) is 5.02. The molecule has 4 rings (SSSR count). The molecule has 3 aromatic rings. The maximum absolute atomic E-state index is 13.2. The molecule has 0 saturated heterocycles. The zero-order chi connectivity index (χ0) is 22.7. The quantitative estimate of drug-likeness (QED) is 0.467. The molecule has 164 valence electrons. The summed E-state index contributed by atoms with van der Waals surface area (Å²) in [5.74, 6) is 0.103. The Morgan fingerprint density at radius 3 is 2.88 bits per heavy atom. The number of aromatic nitrogens is 3. The molecule has 2 heterocycles. The van der Waals surface area contributed by atoms with E-state index in [-0.39, 0.29) is 5.69 Å². The van der Waals surface area contributed by atoms with Crippen molar-refractivity contribution in [3.05, 3.63) is 66.5 Å². The second-order valence-corrected chi connectivity index (χ2v) is 7.30. The van der Waals surface area contributed by atoms with E-state index in [4.69, 9.17) is 0 Å². The number of imidazole rings is 1. The summed E-state index contributed by atoms with van der Waals surface area (Å²) in [6, 6.07) is 9.12. The molecule has 3 N–H and O–H groups in total. The van der Waals surface area contributed by atoms with Crippen molar-refractivity contribution in [2.24, 2.45) is 4.99 Å². The molecular weight excluding hydrogens is 409 g/mol. The van der Waals surface area contributed by atoms with Gasteiger partial charge in [0.1, 0.15) is 6.17 Å². The van der Waals surface area contributed by atoms with Crippen molar-refractivity contribution in [3.8, 4) is 0 Å². The van der Waals surface area contributed by atoms with Crippen LogP contribution in [0.2, 0.25) is 0 Å². The van der Waals surface area contributed by atoms with Crippen molar-refractivity contribution in [1.29, 1.82) is 0 Å². The standard InChI is InChI=1S/C23H24FN7O/c1-4-9-26-17(5-2)14-7-6-8-15(10-14)28-21-12-19(25-3)22-27-13-20(31(22)30-21)23(32)29-18-11-16(18)24/h4-10,12-13,16,18,25H,1,11H2,2-3H3,(H,28,30)(H,29,32)/b17-5-,26-9?. The number of allylic oxidation sites excluding steroid dienone is 2. The molecule has 2 aromatic heterocycles. The minimum Gasteiger partial charge on any atom is -0.385 e. The van der Waals surface area contributed by atoms with Crippen molar-refractivity contribution in [3.63, 3.8) is 0 Å². The van der Waals surface area contributed by atoms with Gasteiger partial charge in [-0.05, 0) is 19.1 Å². The van der Waals surface area contributed by atoms with Gasteiger partial charge in [0.15, 0.2) is 17.2 Å². The number of fused-ring (bicyclic) bond motifs is 1. The Bertz CT molecular complexity index is 1230. The number of benzene rings is 1. The van der Waals surface area contributed by atoms with Gasteiger partial charge in [0.2, 0.25) is 0 Å². The van der Waals surface area contributed by atoms with E-state index in [1.165, 1.54) is 10.7 Å². The summed E-state index contributed by atoms with van der Waals surface area (Å²) in [5, 5.41) is 13.6. The predicted octanol–water partition coefficient (Wildman–Crippen LogP) is 3.97. The molecule has 9 heteroatoms. The monoisotopic (exact) mass is 433 g/mol. The first-order valence-corrected chi connectivity index (χ1v) is 10.2. The number of carbonyl (C=O) groups is 1. The van der Waals surface area contributed by atoms with Gasteiger partial charge in [-0.1, -0.05) is 30.9 Å². The summed E-state index contributed by atoms with van der Waals surface area (Å²) >= 11 is 0. The van der Waals surface area contributed by atoms with Crippen LogP contribution < -0.4 is 16.0 Å². The van der Waals surface area contributed by atoms with Crippen LogP contribution in [0.4, 0.5) is 21.6 Å². The normalized spacial score (nSPS) is 18.0. The number of halogens is 1. The highest BCUT2D eigenvalue weighted by Gasteiger charge is 2.39. The summed E-state index contributed by atoms with van der Waals surface area (Å²) in [6.45, 7) is 5.58. The van der Waals surface area contributed by atoms with Crippen LogP contribution in [0.3, 0.4) is 0 Å². The van der Waals surface area contributed by atoms with Crippen LogP contribution >= 0.6 is 0 Å². The second-order valence-electron chi connectivity index (χ2n) is 7.30. The maximum atomic E-state index is 13.2. The van der Waals surface area contributed by atoms with Crippen molar-refractivity contribution in [2.45, 2.75) is 25.6 Å². The van der Waals surface area contributed by atoms with Gasteiger partial charge in [-0.15, -0.1) is 5.10 Å². The summed E-state index contributed by atoms with van der Waals surface area (Å²) in [4.78, 5) is 21.3. The Balaban J connectivity index is 1.65. The van der Waals surface area contributed by atoms with Crippen LogP contribution in [0.1, 0.15) is 29.4 Å². The summed E-state index contributed by atoms with van der Waals surface area (Å²) in [7, 11) is 1.77. The topological polar surface area (TPSA) is 95.7 Å². The Hall–Kier alpha value is -4.01. The highest BCUT2D eigenvalue weighted by atomic mass is 19.1. The van der Waals surface area contributed by atoms with Crippen LogP contribution in [-0.2, 0) is 0 Å². The molecule has 2 unspecified atom stereocenters. The third kappa shape index (κ3) is 4.36. The fourth-order valence-electron chi connectivity index (χ4n) is 3.28. The van der Waals surface area contributed by atoms with E-state index >= 15 is 0 Å². The van der Waals surface area contributed by atoms with Crippen molar-refractivity contribution in [1.82, 2.24) is 19.9 Å². The van der Waals surface area contributed by atoms with Gasteiger partial charge in [-0.3, -0.25) is 9.79 Å². The van der Waals surface area contributed by atoms with Gasteiger partial charge >= 0.3 is 0 Å². The number of carbonyl (C=O) groups excluding carboxylic acids is 1. The molecule has 1 amide bonds. The largest absolute Gasteiger partial charge is 0.385 e. The lowest BCUT2D eigenvalue weighted by molar-refractivity contribution is 0.0940. The summed E-state index contributed by atoms with van der Waals surface area (Å²) in [5.41, 5.74) is 3.97. The molecule has 8 nitrogen and oxygen atoms in total. The lowest BCUT2D eigenvalue weighted by Gasteiger charge is -2.11. The van der Waals surface area contributed by atoms with Crippen molar-refractivity contribution < 1.29 is 9.18 Å². The molecule has 1 aliphatic rings. The smallest absolute Gasteiger partial charge is 0.271 e. The molecule has 1 fully saturated rings. The van der Waals surface area contributed by atoms with Gasteiger partial charge in [-0.2, -0.15) is 0 Å². The lowest BCUT2D eigenvalue weighted by Crippen LogP contribution is -2.28. The lowest BCUT2D eigenvalue weighted by atomic mass is 10.1. The SMILES string of the molecule is C=CC=N/C(=C\C)c1cccc(Nc2cc(NC)c3ncc(C(=O)NC4CC4F)n3n2)c1. The molecule has 2 atom stereocenters. The number of nitrogens with zero attached hydrogens (tertiary/aromatic N) is 4. The average Bonchev–Trinajstić information content (AvgIpc) is 3.31. The van der Waals surface area contributed by atoms with Gasteiger partial charge in [0.25, 0.3) is 5.91 Å². The Morgan fingerprint density at radius 1 is 1.38 bits per heavy atom. The van der Waals surface area contributed by atoms with E-state index in [9.17, 15) is 9.18 Å². The van der Waals surface area contributed by atoms with Gasteiger partial charge in [0.05, 0.1) is 23.6 Å². The first-order chi connectivity index (χ1) is 15.5. The second kappa shape index (κ2) is 9.01.